The summed E-state index contributed by atoms with van der Waals surface area (Å²) in [5.74, 6) is 0.232. The van der Waals surface area contributed by atoms with E-state index in [0.717, 1.165) is 5.56 Å². The number of rotatable bonds is 9. The fourth-order valence-electron chi connectivity index (χ4n) is 2.35. The maximum absolute atomic E-state index is 12.5. The average molecular weight is 376 g/mol. The van der Waals surface area contributed by atoms with Gasteiger partial charge in [0.1, 0.15) is 5.75 Å². The van der Waals surface area contributed by atoms with E-state index < -0.39 is 10.0 Å². The lowest BCUT2D eigenvalue weighted by molar-refractivity contribution is -0.115. The zero-order valence-electron chi connectivity index (χ0n) is 15.0. The van der Waals surface area contributed by atoms with Crippen molar-refractivity contribution in [2.45, 2.75) is 31.6 Å². The van der Waals surface area contributed by atoms with Crippen LogP contribution in [0.2, 0.25) is 0 Å². The molecule has 6 nitrogen and oxygen atoms in total. The van der Waals surface area contributed by atoms with Crippen molar-refractivity contribution in [1.82, 2.24) is 4.72 Å². The highest BCUT2D eigenvalue weighted by molar-refractivity contribution is 7.89. The molecule has 2 aromatic rings. The Labute approximate surface area is 154 Å². The van der Waals surface area contributed by atoms with Gasteiger partial charge in [0.15, 0.2) is 0 Å². The maximum Gasteiger partial charge on any atom is 0.240 e. The molecule has 0 bridgehead atoms. The van der Waals surface area contributed by atoms with Gasteiger partial charge in [0, 0.05) is 13.0 Å². The van der Waals surface area contributed by atoms with Crippen LogP contribution in [0, 0.1) is 0 Å². The Balaban J connectivity index is 2.14. The molecule has 0 aliphatic rings. The second kappa shape index (κ2) is 9.35. The summed E-state index contributed by atoms with van der Waals surface area (Å²) in [6.07, 6.45) is 0.883. The highest BCUT2D eigenvalue weighted by atomic mass is 32.2. The zero-order valence-corrected chi connectivity index (χ0v) is 15.8. The van der Waals surface area contributed by atoms with Crippen molar-refractivity contribution in [2.24, 2.45) is 0 Å². The normalized spacial score (nSPS) is 11.2. The van der Waals surface area contributed by atoms with Crippen LogP contribution in [-0.2, 0) is 21.2 Å². The zero-order chi connectivity index (χ0) is 19.0. The fourth-order valence-corrected chi connectivity index (χ4v) is 3.41. The third-order valence-electron chi connectivity index (χ3n) is 3.70. The summed E-state index contributed by atoms with van der Waals surface area (Å²) in [5, 5.41) is 2.68. The summed E-state index contributed by atoms with van der Waals surface area (Å²) in [6.45, 7) is 4.25. The molecule has 0 radical (unpaired) electrons. The second-order valence-electron chi connectivity index (χ2n) is 5.63. The van der Waals surface area contributed by atoms with E-state index in [4.69, 9.17) is 4.74 Å². The van der Waals surface area contributed by atoms with Gasteiger partial charge in [0.05, 0.1) is 17.2 Å². The van der Waals surface area contributed by atoms with Gasteiger partial charge in [-0.15, -0.1) is 0 Å². The first kappa shape index (κ1) is 19.9. The van der Waals surface area contributed by atoms with Crippen molar-refractivity contribution in [3.63, 3.8) is 0 Å². The molecular formula is C19H24N2O4S. The Hall–Kier alpha value is -2.38. The van der Waals surface area contributed by atoms with Gasteiger partial charge < -0.3 is 10.1 Å². The number of amides is 1. The van der Waals surface area contributed by atoms with Crippen LogP contribution in [0.1, 0.15) is 25.8 Å². The lowest BCUT2D eigenvalue weighted by Gasteiger charge is -2.13. The van der Waals surface area contributed by atoms with Crippen molar-refractivity contribution in [3.8, 4) is 5.75 Å². The summed E-state index contributed by atoms with van der Waals surface area (Å²) in [7, 11) is -3.68. The largest absolute Gasteiger partial charge is 0.492 e. The van der Waals surface area contributed by atoms with E-state index in [-0.39, 0.29) is 23.8 Å². The molecule has 2 N–H and O–H groups in total. The van der Waals surface area contributed by atoms with E-state index in [9.17, 15) is 13.2 Å². The quantitative estimate of drug-likeness (QED) is 0.705. The second-order valence-corrected chi connectivity index (χ2v) is 7.39. The monoisotopic (exact) mass is 376 g/mol. The minimum absolute atomic E-state index is 0.0837. The van der Waals surface area contributed by atoms with Gasteiger partial charge in [-0.05, 0) is 37.1 Å². The molecule has 0 aliphatic heterocycles. The van der Waals surface area contributed by atoms with Gasteiger partial charge in [-0.25, -0.2) is 13.1 Å². The Bertz CT molecular complexity index is 836. The van der Waals surface area contributed by atoms with Crippen molar-refractivity contribution < 1.29 is 17.9 Å². The smallest absolute Gasteiger partial charge is 0.240 e. The third kappa shape index (κ3) is 5.57. The lowest BCUT2D eigenvalue weighted by atomic mass is 10.2. The Morgan fingerprint density at radius 3 is 2.46 bits per heavy atom. The highest BCUT2D eigenvalue weighted by Gasteiger charge is 2.17. The number of nitrogens with one attached hydrogen (secondary N) is 2. The van der Waals surface area contributed by atoms with Gasteiger partial charge >= 0.3 is 0 Å². The minimum atomic E-state index is -3.68. The van der Waals surface area contributed by atoms with Crippen molar-refractivity contribution >= 4 is 21.6 Å². The number of hydrogen-bond donors (Lipinski definition) is 2. The molecule has 0 atom stereocenters. The Kier molecular flexibility index (Phi) is 7.17. The van der Waals surface area contributed by atoms with E-state index in [0.29, 0.717) is 24.5 Å². The van der Waals surface area contributed by atoms with Crippen molar-refractivity contribution in [2.75, 3.05) is 18.5 Å². The molecule has 2 rings (SSSR count). The van der Waals surface area contributed by atoms with Gasteiger partial charge in [-0.1, -0.05) is 37.3 Å². The van der Waals surface area contributed by atoms with Crippen LogP contribution >= 0.6 is 0 Å². The van der Waals surface area contributed by atoms with Crippen LogP contribution in [0.4, 0.5) is 5.69 Å². The van der Waals surface area contributed by atoms with Gasteiger partial charge in [0.2, 0.25) is 15.9 Å². The first-order valence-electron chi connectivity index (χ1n) is 8.56. The fraction of sp³-hybridized carbons (Fsp3) is 0.316. The van der Waals surface area contributed by atoms with Crippen LogP contribution in [-0.4, -0.2) is 27.5 Å². The van der Waals surface area contributed by atoms with Crippen LogP contribution in [0.15, 0.2) is 53.4 Å². The van der Waals surface area contributed by atoms with Crippen LogP contribution in [0.3, 0.4) is 0 Å². The molecule has 0 spiro atoms. The van der Waals surface area contributed by atoms with Crippen LogP contribution in [0.5, 0.6) is 5.75 Å². The molecular weight excluding hydrogens is 352 g/mol. The molecule has 2 aromatic carbocycles. The van der Waals surface area contributed by atoms with Crippen molar-refractivity contribution in [3.05, 3.63) is 54.1 Å². The molecule has 7 heteroatoms. The number of benzene rings is 2. The van der Waals surface area contributed by atoms with Gasteiger partial charge in [-0.3, -0.25) is 4.79 Å². The number of sulfonamides is 1. The van der Waals surface area contributed by atoms with Crippen molar-refractivity contribution in [1.29, 1.82) is 0 Å². The predicted molar refractivity (Wildman–Crippen MR) is 102 cm³/mol. The molecule has 0 fully saturated rings. The highest BCUT2D eigenvalue weighted by Crippen LogP contribution is 2.28. The maximum atomic E-state index is 12.5. The Morgan fingerprint density at radius 2 is 1.81 bits per heavy atom. The lowest BCUT2D eigenvalue weighted by Crippen LogP contribution is -2.26. The molecule has 0 saturated heterocycles. The van der Waals surface area contributed by atoms with E-state index in [1.54, 1.807) is 13.0 Å². The van der Waals surface area contributed by atoms with E-state index in [1.165, 1.54) is 12.1 Å². The summed E-state index contributed by atoms with van der Waals surface area (Å²) in [6, 6.07) is 14.1. The number of carbonyl (C=O) groups excluding carboxylic acids is 1. The summed E-state index contributed by atoms with van der Waals surface area (Å²) in [4.78, 5) is 11.8. The summed E-state index contributed by atoms with van der Waals surface area (Å²) in [5.41, 5.74) is 1.41. The standard InChI is InChI=1S/C19H24N2O4S/c1-3-19(22)21-17-14-16(10-11-18(17)25-4-2)26(23,24)20-13-12-15-8-6-5-7-9-15/h5-11,14,20H,3-4,12-13H2,1-2H3,(H,21,22). The number of anilines is 1. The minimum Gasteiger partial charge on any atom is -0.492 e. The topological polar surface area (TPSA) is 84.5 Å². The van der Waals surface area contributed by atoms with Gasteiger partial charge in [0.25, 0.3) is 0 Å². The molecule has 140 valence electrons. The predicted octanol–water partition coefficient (Wildman–Crippen LogP) is 2.95. The van der Waals surface area contributed by atoms with E-state index >= 15 is 0 Å². The number of hydrogen-bond acceptors (Lipinski definition) is 4. The van der Waals surface area contributed by atoms with Gasteiger partial charge in [-0.2, -0.15) is 0 Å². The SMILES string of the molecule is CCOc1ccc(S(=O)(=O)NCCc2ccccc2)cc1NC(=O)CC. The van der Waals surface area contributed by atoms with Crippen LogP contribution in [0.25, 0.3) is 0 Å². The Morgan fingerprint density at radius 1 is 1.08 bits per heavy atom. The number of carbonyl (C=O) groups is 1. The third-order valence-corrected chi connectivity index (χ3v) is 5.16. The van der Waals surface area contributed by atoms with E-state index in [1.807, 2.05) is 37.3 Å². The summed E-state index contributed by atoms with van der Waals surface area (Å²) < 4.78 is 33.1. The average Bonchev–Trinajstić information content (AvgIpc) is 2.64. The number of ether oxygens (including phenoxy) is 1. The molecule has 26 heavy (non-hydrogen) atoms. The molecule has 0 unspecified atom stereocenters. The first-order chi connectivity index (χ1) is 12.5. The van der Waals surface area contributed by atoms with E-state index in [2.05, 4.69) is 10.0 Å². The molecule has 0 saturated carbocycles. The summed E-state index contributed by atoms with van der Waals surface area (Å²) >= 11 is 0. The first-order valence-corrected chi connectivity index (χ1v) is 10.0. The molecule has 0 heterocycles. The molecule has 0 aliphatic carbocycles. The molecule has 1 amide bonds. The molecule has 0 aromatic heterocycles. The van der Waals surface area contributed by atoms with Crippen LogP contribution < -0.4 is 14.8 Å².